The Labute approximate surface area is 138 Å². The number of ether oxygens (including phenoxy) is 2. The van der Waals surface area contributed by atoms with Gasteiger partial charge in [-0.25, -0.2) is 0 Å². The molecule has 4 nitrogen and oxygen atoms in total. The minimum Gasteiger partial charge on any atom is -0.462 e. The zero-order chi connectivity index (χ0) is 15.8. The highest BCUT2D eigenvalue weighted by Crippen LogP contribution is 2.70. The number of quaternary nitrogens is 1. The van der Waals surface area contributed by atoms with Crippen LogP contribution in [-0.2, 0) is 14.3 Å². The van der Waals surface area contributed by atoms with Gasteiger partial charge in [0.05, 0.1) is 25.7 Å². The smallest absolute Gasteiger partial charge is 0.315 e. The summed E-state index contributed by atoms with van der Waals surface area (Å²) in [6.07, 6.45) is 7.84. The summed E-state index contributed by atoms with van der Waals surface area (Å²) in [4.78, 5) is 14.2. The van der Waals surface area contributed by atoms with Gasteiger partial charge >= 0.3 is 5.97 Å². The standard InChI is InChI=1S/C19H29NO3/c1-12-6-5-7-18(2)10-14-15(16-19(12,18)23-16)13(17(21)22-14)11-20-8-3-4-9-20/h12-16H,3-11H2,1-2H3/p+1/t12-,13+,14+,15+,16-,18+,19-/m0/s1. The number of hydrogen-bond donors (Lipinski definition) is 1. The molecule has 0 radical (unpaired) electrons. The van der Waals surface area contributed by atoms with E-state index in [1.54, 1.807) is 4.90 Å². The van der Waals surface area contributed by atoms with Crippen LogP contribution in [0.5, 0.6) is 0 Å². The molecule has 3 saturated heterocycles. The summed E-state index contributed by atoms with van der Waals surface area (Å²) < 4.78 is 12.4. The molecule has 3 heterocycles. The number of esters is 1. The van der Waals surface area contributed by atoms with Gasteiger partial charge in [0.2, 0.25) is 0 Å². The molecule has 0 bridgehead atoms. The minimum absolute atomic E-state index is 0.0546. The van der Waals surface area contributed by atoms with Crippen molar-refractivity contribution in [2.24, 2.45) is 23.2 Å². The number of fused-ring (bicyclic) bond motifs is 2. The summed E-state index contributed by atoms with van der Waals surface area (Å²) in [5.74, 6) is 1.10. The Morgan fingerprint density at radius 2 is 2.04 bits per heavy atom. The number of hydrogen-bond acceptors (Lipinski definition) is 3. The van der Waals surface area contributed by atoms with Crippen molar-refractivity contribution >= 4 is 5.97 Å². The van der Waals surface area contributed by atoms with Gasteiger partial charge in [0.15, 0.2) is 0 Å². The Kier molecular flexibility index (Phi) is 3.02. The number of epoxide rings is 1. The third-order valence-electron chi connectivity index (χ3n) is 8.01. The van der Waals surface area contributed by atoms with Gasteiger partial charge in [-0.05, 0) is 25.2 Å². The Bertz CT molecular complexity index is 531. The second kappa shape index (κ2) is 4.72. The van der Waals surface area contributed by atoms with Crippen LogP contribution in [0.15, 0.2) is 0 Å². The SMILES string of the molecule is C[C@H]1CCC[C@]2(C)C[C@H]3OC(=O)[C@H](C[NH+]4CCCC4)[C@H]3[C@@H]3O[C@@]132. The van der Waals surface area contributed by atoms with Gasteiger partial charge in [-0.2, -0.15) is 0 Å². The van der Waals surface area contributed by atoms with E-state index in [4.69, 9.17) is 9.47 Å². The maximum Gasteiger partial charge on any atom is 0.315 e. The van der Waals surface area contributed by atoms with Crippen molar-refractivity contribution in [2.45, 2.75) is 70.2 Å². The number of rotatable bonds is 2. The summed E-state index contributed by atoms with van der Waals surface area (Å²) in [5, 5.41) is 0. The Morgan fingerprint density at radius 3 is 2.83 bits per heavy atom. The van der Waals surface area contributed by atoms with Crippen molar-refractivity contribution in [3.05, 3.63) is 0 Å². The van der Waals surface area contributed by atoms with Crippen molar-refractivity contribution in [1.82, 2.24) is 0 Å². The summed E-state index contributed by atoms with van der Waals surface area (Å²) in [6.45, 7) is 8.20. The van der Waals surface area contributed by atoms with Gasteiger partial charge in [-0.1, -0.05) is 20.3 Å². The lowest BCUT2D eigenvalue weighted by molar-refractivity contribution is -0.890. The molecule has 1 N–H and O–H groups in total. The van der Waals surface area contributed by atoms with Gasteiger partial charge in [0, 0.05) is 24.2 Å². The van der Waals surface area contributed by atoms with E-state index in [1.807, 2.05) is 0 Å². The Hall–Kier alpha value is -0.610. The zero-order valence-corrected chi connectivity index (χ0v) is 14.5. The van der Waals surface area contributed by atoms with Crippen LogP contribution >= 0.6 is 0 Å². The molecular weight excluding hydrogens is 290 g/mol. The number of carbonyl (C=O) groups excluding carboxylic acids is 1. The van der Waals surface area contributed by atoms with Gasteiger partial charge in [-0.15, -0.1) is 0 Å². The first-order chi connectivity index (χ1) is 11.1. The minimum atomic E-state index is 0.0546. The molecule has 128 valence electrons. The fraction of sp³-hybridized carbons (Fsp3) is 0.947. The van der Waals surface area contributed by atoms with Gasteiger partial charge in [-0.3, -0.25) is 4.79 Å². The van der Waals surface area contributed by atoms with Crippen molar-refractivity contribution in [3.8, 4) is 0 Å². The normalized spacial score (nSPS) is 55.0. The third-order valence-corrected chi connectivity index (χ3v) is 8.01. The van der Waals surface area contributed by atoms with E-state index in [9.17, 15) is 4.79 Å². The molecule has 0 aromatic heterocycles. The second-order valence-corrected chi connectivity index (χ2v) is 9.21. The molecule has 0 aromatic rings. The summed E-state index contributed by atoms with van der Waals surface area (Å²) in [7, 11) is 0. The fourth-order valence-electron chi connectivity index (χ4n) is 6.86. The van der Waals surface area contributed by atoms with E-state index in [-0.39, 0.29) is 35.1 Å². The largest absolute Gasteiger partial charge is 0.462 e. The molecule has 5 aliphatic rings. The van der Waals surface area contributed by atoms with Gasteiger partial charge in [0.25, 0.3) is 0 Å². The van der Waals surface area contributed by atoms with Crippen molar-refractivity contribution in [1.29, 1.82) is 0 Å². The molecular formula is C19H30NO3+. The molecule has 5 rings (SSSR count). The maximum absolute atomic E-state index is 12.6. The topological polar surface area (TPSA) is 43.3 Å². The molecule has 2 saturated carbocycles. The molecule has 0 aromatic carbocycles. The van der Waals surface area contributed by atoms with Crippen LogP contribution in [0.25, 0.3) is 0 Å². The van der Waals surface area contributed by atoms with Crippen LogP contribution in [0, 0.1) is 23.2 Å². The molecule has 0 amide bonds. The fourth-order valence-corrected chi connectivity index (χ4v) is 6.86. The highest BCUT2D eigenvalue weighted by Gasteiger charge is 2.78. The highest BCUT2D eigenvalue weighted by atomic mass is 16.6. The van der Waals surface area contributed by atoms with E-state index in [1.165, 1.54) is 45.2 Å². The lowest BCUT2D eigenvalue weighted by Crippen LogP contribution is -3.11. The lowest BCUT2D eigenvalue weighted by atomic mass is 9.53. The molecule has 4 heteroatoms. The molecule has 23 heavy (non-hydrogen) atoms. The van der Waals surface area contributed by atoms with Crippen molar-refractivity contribution in [2.75, 3.05) is 19.6 Å². The predicted octanol–water partition coefficient (Wildman–Crippen LogP) is 1.19. The molecule has 0 unspecified atom stereocenters. The Morgan fingerprint density at radius 1 is 1.26 bits per heavy atom. The summed E-state index contributed by atoms with van der Waals surface area (Å²) >= 11 is 0. The van der Waals surface area contributed by atoms with Crippen LogP contribution in [0.4, 0.5) is 0 Å². The average Bonchev–Trinajstić information content (AvgIpc) is 2.91. The molecule has 5 fully saturated rings. The van der Waals surface area contributed by atoms with E-state index >= 15 is 0 Å². The third kappa shape index (κ3) is 1.82. The quantitative estimate of drug-likeness (QED) is 0.614. The van der Waals surface area contributed by atoms with Crippen LogP contribution in [0.3, 0.4) is 0 Å². The van der Waals surface area contributed by atoms with Crippen molar-refractivity contribution in [3.63, 3.8) is 0 Å². The van der Waals surface area contributed by atoms with E-state index in [0.29, 0.717) is 11.8 Å². The molecule has 7 atom stereocenters. The second-order valence-electron chi connectivity index (χ2n) is 9.21. The van der Waals surface area contributed by atoms with E-state index < -0.39 is 0 Å². The number of likely N-dealkylation sites (tertiary alicyclic amines) is 1. The first-order valence-corrected chi connectivity index (χ1v) is 9.77. The molecule has 2 aliphatic carbocycles. The number of carbonyl (C=O) groups is 1. The molecule has 1 spiro atoms. The van der Waals surface area contributed by atoms with E-state index in [2.05, 4.69) is 13.8 Å². The predicted molar refractivity (Wildman–Crippen MR) is 85.0 cm³/mol. The first kappa shape index (κ1) is 14.7. The monoisotopic (exact) mass is 320 g/mol. The van der Waals surface area contributed by atoms with Crippen LogP contribution < -0.4 is 4.90 Å². The number of nitrogens with one attached hydrogen (secondary N) is 1. The van der Waals surface area contributed by atoms with Gasteiger partial charge < -0.3 is 14.4 Å². The Balaban J connectivity index is 1.43. The van der Waals surface area contributed by atoms with Crippen molar-refractivity contribution < 1.29 is 19.2 Å². The highest BCUT2D eigenvalue weighted by molar-refractivity contribution is 5.76. The van der Waals surface area contributed by atoms with Gasteiger partial charge in [0.1, 0.15) is 17.6 Å². The molecule has 3 aliphatic heterocycles. The van der Waals surface area contributed by atoms with Crippen LogP contribution in [0.1, 0.15) is 52.4 Å². The van der Waals surface area contributed by atoms with E-state index in [0.717, 1.165) is 13.0 Å². The maximum atomic E-state index is 12.6. The zero-order valence-electron chi connectivity index (χ0n) is 14.5. The average molecular weight is 320 g/mol. The summed E-state index contributed by atoms with van der Waals surface area (Å²) in [5.41, 5.74) is 0.269. The lowest BCUT2D eigenvalue weighted by Gasteiger charge is -2.48. The van der Waals surface area contributed by atoms with Crippen LogP contribution in [0.2, 0.25) is 0 Å². The summed E-state index contributed by atoms with van der Waals surface area (Å²) in [6, 6.07) is 0. The van der Waals surface area contributed by atoms with Crippen LogP contribution in [-0.4, -0.2) is 43.4 Å². The first-order valence-electron chi connectivity index (χ1n) is 9.77.